The van der Waals surface area contributed by atoms with Crippen molar-refractivity contribution in [3.63, 3.8) is 0 Å². The van der Waals surface area contributed by atoms with E-state index >= 15 is 0 Å². The number of nitrogens with zero attached hydrogens (tertiary/aromatic N) is 2. The van der Waals surface area contributed by atoms with E-state index in [1.54, 1.807) is 11.4 Å². The number of hydrogen-bond acceptors (Lipinski definition) is 4. The van der Waals surface area contributed by atoms with Crippen molar-refractivity contribution in [3.05, 3.63) is 123 Å². The van der Waals surface area contributed by atoms with Gasteiger partial charge in [-0.25, -0.2) is 4.98 Å². The average Bonchev–Trinajstić information content (AvgIpc) is 3.37. The molecule has 210 valence electrons. The van der Waals surface area contributed by atoms with Crippen molar-refractivity contribution < 1.29 is 18.0 Å². The summed E-state index contributed by atoms with van der Waals surface area (Å²) in [6.45, 7) is 9.59. The molecule has 0 aliphatic carbocycles. The van der Waals surface area contributed by atoms with Gasteiger partial charge in [-0.1, -0.05) is 93.6 Å². The van der Waals surface area contributed by atoms with Gasteiger partial charge >= 0.3 is 6.18 Å². The van der Waals surface area contributed by atoms with Crippen LogP contribution >= 0.6 is 11.3 Å². The first-order valence-corrected chi connectivity index (χ1v) is 14.0. The Hall–Kier alpha value is -3.49. The van der Waals surface area contributed by atoms with Crippen molar-refractivity contribution in [1.29, 1.82) is 0 Å². The molecule has 1 atom stereocenters. The SMILES string of the molecule is CC(NC(=O)c1csc(CN(Cc2ccc(C(C)(C)C)cc2)Cc2cccc(C(F)(F)F)c2)n1)c1ccccc1. The average molecular weight is 566 g/mol. The Balaban J connectivity index is 1.51. The third-order valence-corrected chi connectivity index (χ3v) is 7.51. The molecular weight excluding hydrogens is 531 g/mol. The minimum absolute atomic E-state index is 0.0200. The molecule has 0 spiro atoms. The molecule has 4 rings (SSSR count). The Morgan fingerprint density at radius 1 is 0.875 bits per heavy atom. The van der Waals surface area contributed by atoms with Gasteiger partial charge in [0.15, 0.2) is 0 Å². The quantitative estimate of drug-likeness (QED) is 0.223. The topological polar surface area (TPSA) is 45.2 Å². The second-order valence-electron chi connectivity index (χ2n) is 11.0. The highest BCUT2D eigenvalue weighted by molar-refractivity contribution is 7.09. The van der Waals surface area contributed by atoms with Crippen LogP contribution in [0, 0.1) is 0 Å². The van der Waals surface area contributed by atoms with Gasteiger partial charge in [-0.05, 0) is 40.7 Å². The number of rotatable bonds is 9. The fraction of sp³-hybridized carbons (Fsp3) is 0.312. The van der Waals surface area contributed by atoms with Crippen molar-refractivity contribution in [1.82, 2.24) is 15.2 Å². The first-order valence-electron chi connectivity index (χ1n) is 13.2. The highest BCUT2D eigenvalue weighted by atomic mass is 32.1. The fourth-order valence-electron chi connectivity index (χ4n) is 4.41. The lowest BCUT2D eigenvalue weighted by Gasteiger charge is -2.23. The Bertz CT molecular complexity index is 1410. The van der Waals surface area contributed by atoms with E-state index in [2.05, 4.69) is 60.2 Å². The summed E-state index contributed by atoms with van der Waals surface area (Å²) < 4.78 is 40.1. The Kier molecular flexibility index (Phi) is 9.11. The number of aromatic nitrogens is 1. The zero-order chi connectivity index (χ0) is 28.9. The van der Waals surface area contributed by atoms with Gasteiger partial charge in [0.2, 0.25) is 0 Å². The van der Waals surface area contributed by atoms with Gasteiger partial charge in [-0.15, -0.1) is 11.3 Å². The lowest BCUT2D eigenvalue weighted by molar-refractivity contribution is -0.137. The van der Waals surface area contributed by atoms with Gasteiger partial charge in [0.1, 0.15) is 10.7 Å². The maximum absolute atomic E-state index is 13.4. The zero-order valence-corrected chi connectivity index (χ0v) is 23.9. The van der Waals surface area contributed by atoms with Crippen LogP contribution in [0.4, 0.5) is 13.2 Å². The number of nitrogens with one attached hydrogen (secondary N) is 1. The molecule has 4 aromatic rings. The summed E-state index contributed by atoms with van der Waals surface area (Å²) in [5, 5.41) is 5.43. The van der Waals surface area contributed by atoms with Crippen molar-refractivity contribution in [3.8, 4) is 0 Å². The molecule has 0 saturated carbocycles. The molecule has 0 aliphatic rings. The van der Waals surface area contributed by atoms with Crippen LogP contribution in [0.1, 0.15) is 77.1 Å². The molecule has 1 heterocycles. The summed E-state index contributed by atoms with van der Waals surface area (Å²) in [6.07, 6.45) is -4.40. The van der Waals surface area contributed by atoms with Gasteiger partial charge < -0.3 is 5.32 Å². The summed E-state index contributed by atoms with van der Waals surface area (Å²) in [5.41, 5.74) is 3.50. The smallest absolute Gasteiger partial charge is 0.344 e. The van der Waals surface area contributed by atoms with Gasteiger partial charge in [-0.3, -0.25) is 9.69 Å². The molecule has 8 heteroatoms. The third kappa shape index (κ3) is 8.02. The van der Waals surface area contributed by atoms with E-state index in [1.165, 1.54) is 29.0 Å². The van der Waals surface area contributed by atoms with Crippen LogP contribution in [0.15, 0.2) is 84.2 Å². The van der Waals surface area contributed by atoms with Gasteiger partial charge in [0.05, 0.1) is 18.2 Å². The number of carbonyl (C=O) groups excluding carboxylic acids is 1. The molecule has 1 unspecified atom stereocenters. The van der Waals surface area contributed by atoms with Gasteiger partial charge in [0, 0.05) is 18.5 Å². The van der Waals surface area contributed by atoms with Crippen molar-refractivity contribution in [2.45, 2.75) is 65.0 Å². The lowest BCUT2D eigenvalue weighted by atomic mass is 9.87. The van der Waals surface area contributed by atoms with E-state index in [0.717, 1.165) is 22.2 Å². The lowest BCUT2D eigenvalue weighted by Crippen LogP contribution is -2.27. The molecule has 1 N–H and O–H groups in total. The van der Waals surface area contributed by atoms with Crippen LogP contribution in [-0.4, -0.2) is 15.8 Å². The highest BCUT2D eigenvalue weighted by Crippen LogP contribution is 2.30. The Labute approximate surface area is 237 Å². The molecule has 0 radical (unpaired) electrons. The summed E-state index contributed by atoms with van der Waals surface area (Å²) in [6, 6.07) is 23.2. The fourth-order valence-corrected chi connectivity index (χ4v) is 5.23. The minimum atomic E-state index is -4.40. The molecule has 0 fully saturated rings. The predicted octanol–water partition coefficient (Wildman–Crippen LogP) is 8.15. The highest BCUT2D eigenvalue weighted by Gasteiger charge is 2.30. The van der Waals surface area contributed by atoms with Gasteiger partial charge in [0.25, 0.3) is 5.91 Å². The molecule has 40 heavy (non-hydrogen) atoms. The van der Waals surface area contributed by atoms with Crippen LogP contribution in [0.25, 0.3) is 0 Å². The number of hydrogen-bond donors (Lipinski definition) is 1. The normalized spacial score (nSPS) is 12.9. The predicted molar refractivity (Wildman–Crippen MR) is 154 cm³/mol. The monoisotopic (exact) mass is 565 g/mol. The molecule has 4 nitrogen and oxygen atoms in total. The van der Waals surface area contributed by atoms with Crippen LogP contribution in [0.2, 0.25) is 0 Å². The summed E-state index contributed by atoms with van der Waals surface area (Å²) >= 11 is 1.37. The number of benzene rings is 3. The van der Waals surface area contributed by atoms with Gasteiger partial charge in [-0.2, -0.15) is 13.2 Å². The molecular formula is C32H34F3N3OS. The van der Waals surface area contributed by atoms with Crippen LogP contribution < -0.4 is 5.32 Å². The second-order valence-corrected chi connectivity index (χ2v) is 12.0. The number of alkyl halides is 3. The second kappa shape index (κ2) is 12.4. The van der Waals surface area contributed by atoms with Crippen LogP contribution in [-0.2, 0) is 31.2 Å². The van der Waals surface area contributed by atoms with Crippen molar-refractivity contribution >= 4 is 17.2 Å². The number of carbonyl (C=O) groups is 1. The molecule has 1 amide bonds. The third-order valence-electron chi connectivity index (χ3n) is 6.68. The number of thiazole rings is 1. The molecule has 1 aromatic heterocycles. The summed E-state index contributed by atoms with van der Waals surface area (Å²) in [4.78, 5) is 19.5. The van der Waals surface area contributed by atoms with E-state index in [4.69, 9.17) is 0 Å². The molecule has 3 aromatic carbocycles. The molecule has 0 bridgehead atoms. The largest absolute Gasteiger partial charge is 0.416 e. The van der Waals surface area contributed by atoms with E-state index in [1.807, 2.05) is 37.3 Å². The summed E-state index contributed by atoms with van der Waals surface area (Å²) in [7, 11) is 0. The maximum Gasteiger partial charge on any atom is 0.416 e. The molecule has 0 aliphatic heterocycles. The molecule has 0 saturated heterocycles. The Morgan fingerprint density at radius 3 is 2.20 bits per heavy atom. The van der Waals surface area contributed by atoms with E-state index < -0.39 is 11.7 Å². The first-order chi connectivity index (χ1) is 18.9. The van der Waals surface area contributed by atoms with E-state index in [9.17, 15) is 18.0 Å². The van der Waals surface area contributed by atoms with E-state index in [-0.39, 0.29) is 17.4 Å². The number of halogens is 3. The van der Waals surface area contributed by atoms with E-state index in [0.29, 0.717) is 30.9 Å². The summed E-state index contributed by atoms with van der Waals surface area (Å²) in [5.74, 6) is -0.263. The minimum Gasteiger partial charge on any atom is -0.344 e. The maximum atomic E-state index is 13.4. The Morgan fingerprint density at radius 2 is 1.55 bits per heavy atom. The standard InChI is InChI=1S/C32H34F3N3OS/c1-22(25-10-6-5-7-11-25)36-30(39)28-21-40-29(37-28)20-38(18-23-13-15-26(16-14-23)31(2,3)4)19-24-9-8-12-27(17-24)32(33,34)35/h5-17,21-22H,18-20H2,1-4H3,(H,36,39). The number of amides is 1. The van der Waals surface area contributed by atoms with Crippen LogP contribution in [0.5, 0.6) is 0 Å². The zero-order valence-electron chi connectivity index (χ0n) is 23.1. The van der Waals surface area contributed by atoms with Crippen LogP contribution in [0.3, 0.4) is 0 Å². The van der Waals surface area contributed by atoms with Crippen molar-refractivity contribution in [2.24, 2.45) is 0 Å². The van der Waals surface area contributed by atoms with Crippen molar-refractivity contribution in [2.75, 3.05) is 0 Å². The first kappa shape index (κ1) is 29.5.